The molecule has 2 aromatic rings. The molecule has 1 aromatic heterocycles. The summed E-state index contributed by atoms with van der Waals surface area (Å²) in [5, 5.41) is 2.77. The molecule has 0 aliphatic carbocycles. The van der Waals surface area contributed by atoms with Gasteiger partial charge in [0.15, 0.2) is 0 Å². The number of nitrogens with zero attached hydrogens (tertiary/aromatic N) is 2. The number of carbonyl (C=O) groups excluding carboxylic acids is 1. The Bertz CT molecular complexity index is 581. The standard InChI is InChI=1S/C13H12BrN3O/c1-8-3-4-10(5-11(8)14)17-13(18)12-7-15-9(2)6-16-12/h3-7H,1-2H3,(H,17,18). The quantitative estimate of drug-likeness (QED) is 0.927. The van der Waals surface area contributed by atoms with Crippen LogP contribution in [0.15, 0.2) is 35.1 Å². The molecular weight excluding hydrogens is 294 g/mol. The number of hydrogen-bond donors (Lipinski definition) is 1. The first-order chi connectivity index (χ1) is 8.56. The van der Waals surface area contributed by atoms with E-state index in [0.717, 1.165) is 21.4 Å². The van der Waals surface area contributed by atoms with Crippen molar-refractivity contribution in [2.45, 2.75) is 13.8 Å². The summed E-state index contributed by atoms with van der Waals surface area (Å²) in [6, 6.07) is 5.63. The van der Waals surface area contributed by atoms with Gasteiger partial charge in [0.2, 0.25) is 0 Å². The number of halogens is 1. The maximum atomic E-state index is 11.9. The van der Waals surface area contributed by atoms with Crippen molar-refractivity contribution in [1.29, 1.82) is 0 Å². The largest absolute Gasteiger partial charge is 0.321 e. The molecule has 18 heavy (non-hydrogen) atoms. The van der Waals surface area contributed by atoms with Gasteiger partial charge >= 0.3 is 0 Å². The van der Waals surface area contributed by atoms with Crippen LogP contribution in [0.5, 0.6) is 0 Å². The Balaban J connectivity index is 2.16. The Morgan fingerprint density at radius 3 is 2.61 bits per heavy atom. The van der Waals surface area contributed by atoms with Gasteiger partial charge in [-0.2, -0.15) is 0 Å². The molecule has 92 valence electrons. The summed E-state index contributed by atoms with van der Waals surface area (Å²) in [5.74, 6) is -0.266. The highest BCUT2D eigenvalue weighted by Crippen LogP contribution is 2.20. The van der Waals surface area contributed by atoms with Gasteiger partial charge in [-0.05, 0) is 31.5 Å². The third kappa shape index (κ3) is 2.92. The topological polar surface area (TPSA) is 54.9 Å². The van der Waals surface area contributed by atoms with Crippen LogP contribution in [0.1, 0.15) is 21.7 Å². The molecule has 2 rings (SSSR count). The fraction of sp³-hybridized carbons (Fsp3) is 0.154. The van der Waals surface area contributed by atoms with E-state index < -0.39 is 0 Å². The van der Waals surface area contributed by atoms with Gasteiger partial charge in [0.05, 0.1) is 11.9 Å². The Hall–Kier alpha value is -1.75. The van der Waals surface area contributed by atoms with Crippen molar-refractivity contribution < 1.29 is 4.79 Å². The normalized spacial score (nSPS) is 10.2. The van der Waals surface area contributed by atoms with Gasteiger partial charge in [-0.3, -0.25) is 9.78 Å². The Morgan fingerprint density at radius 2 is 2.00 bits per heavy atom. The summed E-state index contributed by atoms with van der Waals surface area (Å²) in [6.45, 7) is 3.81. The van der Waals surface area contributed by atoms with Crippen LogP contribution in [0.25, 0.3) is 0 Å². The van der Waals surface area contributed by atoms with E-state index >= 15 is 0 Å². The molecule has 0 atom stereocenters. The first-order valence-corrected chi connectivity index (χ1v) is 6.22. The number of carbonyl (C=O) groups is 1. The van der Waals surface area contributed by atoms with Crippen molar-refractivity contribution in [1.82, 2.24) is 9.97 Å². The molecule has 0 saturated heterocycles. The van der Waals surface area contributed by atoms with Crippen LogP contribution in [-0.4, -0.2) is 15.9 Å². The maximum Gasteiger partial charge on any atom is 0.275 e. The molecule has 0 spiro atoms. The highest BCUT2D eigenvalue weighted by molar-refractivity contribution is 9.10. The maximum absolute atomic E-state index is 11.9. The van der Waals surface area contributed by atoms with Gasteiger partial charge in [0, 0.05) is 16.4 Å². The van der Waals surface area contributed by atoms with E-state index in [4.69, 9.17) is 0 Å². The number of aromatic nitrogens is 2. The molecule has 1 N–H and O–H groups in total. The number of aryl methyl sites for hydroxylation is 2. The van der Waals surface area contributed by atoms with E-state index in [-0.39, 0.29) is 5.91 Å². The van der Waals surface area contributed by atoms with Gasteiger partial charge in [-0.25, -0.2) is 4.98 Å². The predicted molar refractivity (Wildman–Crippen MR) is 73.6 cm³/mol. The zero-order valence-corrected chi connectivity index (χ0v) is 11.7. The first-order valence-electron chi connectivity index (χ1n) is 5.42. The second kappa shape index (κ2) is 5.27. The molecule has 0 radical (unpaired) electrons. The zero-order valence-electron chi connectivity index (χ0n) is 10.1. The van der Waals surface area contributed by atoms with Crippen molar-refractivity contribution in [2.75, 3.05) is 5.32 Å². The van der Waals surface area contributed by atoms with E-state index in [9.17, 15) is 4.79 Å². The van der Waals surface area contributed by atoms with Crippen LogP contribution in [-0.2, 0) is 0 Å². The fourth-order valence-corrected chi connectivity index (χ4v) is 1.75. The average Bonchev–Trinajstić information content (AvgIpc) is 2.34. The number of hydrogen-bond acceptors (Lipinski definition) is 3. The van der Waals surface area contributed by atoms with Crippen molar-refractivity contribution in [3.05, 3.63) is 52.0 Å². The minimum Gasteiger partial charge on any atom is -0.321 e. The predicted octanol–water partition coefficient (Wildman–Crippen LogP) is 3.11. The van der Waals surface area contributed by atoms with Gasteiger partial charge in [-0.15, -0.1) is 0 Å². The van der Waals surface area contributed by atoms with Crippen LogP contribution < -0.4 is 5.32 Å². The molecule has 0 aliphatic heterocycles. The third-order valence-electron chi connectivity index (χ3n) is 2.44. The lowest BCUT2D eigenvalue weighted by Gasteiger charge is -2.06. The molecule has 0 fully saturated rings. The van der Waals surface area contributed by atoms with E-state index in [1.165, 1.54) is 6.20 Å². The molecule has 1 heterocycles. The number of benzene rings is 1. The molecule has 0 aliphatic rings. The van der Waals surface area contributed by atoms with E-state index in [1.54, 1.807) is 6.20 Å². The highest BCUT2D eigenvalue weighted by Gasteiger charge is 2.08. The van der Waals surface area contributed by atoms with Gasteiger partial charge in [0.25, 0.3) is 5.91 Å². The van der Waals surface area contributed by atoms with E-state index in [2.05, 4.69) is 31.2 Å². The van der Waals surface area contributed by atoms with E-state index in [0.29, 0.717) is 5.69 Å². The lowest BCUT2D eigenvalue weighted by Crippen LogP contribution is -2.14. The lowest BCUT2D eigenvalue weighted by atomic mass is 10.2. The summed E-state index contributed by atoms with van der Waals surface area (Å²) < 4.78 is 0.954. The second-order valence-corrected chi connectivity index (χ2v) is 4.82. The van der Waals surface area contributed by atoms with Crippen LogP contribution in [0.3, 0.4) is 0 Å². The minimum absolute atomic E-state index is 0.266. The molecular formula is C13H12BrN3O. The smallest absolute Gasteiger partial charge is 0.275 e. The van der Waals surface area contributed by atoms with E-state index in [1.807, 2.05) is 32.0 Å². The van der Waals surface area contributed by atoms with Crippen molar-refractivity contribution in [3.8, 4) is 0 Å². The Morgan fingerprint density at radius 1 is 1.22 bits per heavy atom. The molecule has 0 saturated carbocycles. The third-order valence-corrected chi connectivity index (χ3v) is 3.30. The van der Waals surface area contributed by atoms with Crippen LogP contribution >= 0.6 is 15.9 Å². The van der Waals surface area contributed by atoms with Gasteiger partial charge in [0.1, 0.15) is 5.69 Å². The second-order valence-electron chi connectivity index (χ2n) is 3.96. The Kier molecular flexibility index (Phi) is 3.72. The highest BCUT2D eigenvalue weighted by atomic mass is 79.9. The molecule has 0 unspecified atom stereocenters. The number of anilines is 1. The van der Waals surface area contributed by atoms with Crippen LogP contribution in [0.4, 0.5) is 5.69 Å². The molecule has 1 amide bonds. The van der Waals surface area contributed by atoms with Gasteiger partial charge < -0.3 is 5.32 Å². The lowest BCUT2D eigenvalue weighted by molar-refractivity contribution is 0.102. The molecule has 5 heteroatoms. The summed E-state index contributed by atoms with van der Waals surface area (Å²) in [5.41, 5.74) is 2.92. The summed E-state index contributed by atoms with van der Waals surface area (Å²) in [6.07, 6.45) is 3.04. The SMILES string of the molecule is Cc1cnc(C(=O)Nc2ccc(C)c(Br)c2)cn1. The summed E-state index contributed by atoms with van der Waals surface area (Å²) >= 11 is 3.42. The van der Waals surface area contributed by atoms with Crippen molar-refractivity contribution >= 4 is 27.5 Å². The number of amides is 1. The Labute approximate surface area is 114 Å². The minimum atomic E-state index is -0.266. The monoisotopic (exact) mass is 305 g/mol. The fourth-order valence-electron chi connectivity index (χ4n) is 1.38. The number of nitrogens with one attached hydrogen (secondary N) is 1. The molecule has 1 aromatic carbocycles. The first kappa shape index (κ1) is 12.7. The van der Waals surface area contributed by atoms with Crippen LogP contribution in [0, 0.1) is 13.8 Å². The van der Waals surface area contributed by atoms with Crippen molar-refractivity contribution in [2.24, 2.45) is 0 Å². The van der Waals surface area contributed by atoms with Gasteiger partial charge in [-0.1, -0.05) is 22.0 Å². The summed E-state index contributed by atoms with van der Waals surface area (Å²) in [7, 11) is 0. The van der Waals surface area contributed by atoms with Crippen LogP contribution in [0.2, 0.25) is 0 Å². The summed E-state index contributed by atoms with van der Waals surface area (Å²) in [4.78, 5) is 20.0. The molecule has 4 nitrogen and oxygen atoms in total. The van der Waals surface area contributed by atoms with Crippen molar-refractivity contribution in [3.63, 3.8) is 0 Å². The number of rotatable bonds is 2. The molecule has 0 bridgehead atoms. The average molecular weight is 306 g/mol. The zero-order chi connectivity index (χ0) is 13.1.